The molecule has 0 bridgehead atoms. The van der Waals surface area contributed by atoms with Gasteiger partial charge in [-0.15, -0.1) is 11.3 Å². The van der Waals surface area contributed by atoms with Crippen molar-refractivity contribution in [1.82, 2.24) is 5.32 Å². The van der Waals surface area contributed by atoms with Crippen LogP contribution in [0.4, 0.5) is 0 Å². The number of nitrogens with one attached hydrogen (secondary N) is 1. The molecular formula is C15H19NS. The van der Waals surface area contributed by atoms with Gasteiger partial charge in [0.05, 0.1) is 0 Å². The Bertz CT molecular complexity index is 466. The van der Waals surface area contributed by atoms with Crippen LogP contribution in [0.25, 0.3) is 10.4 Å². The van der Waals surface area contributed by atoms with E-state index in [9.17, 15) is 0 Å². The van der Waals surface area contributed by atoms with Gasteiger partial charge in [0.1, 0.15) is 0 Å². The van der Waals surface area contributed by atoms with E-state index in [0.29, 0.717) is 6.04 Å². The Morgan fingerprint density at radius 1 is 1.18 bits per heavy atom. The molecule has 0 radical (unpaired) electrons. The average molecular weight is 245 g/mol. The lowest BCUT2D eigenvalue weighted by atomic mass is 10.0. The lowest BCUT2D eigenvalue weighted by Gasteiger charge is -2.14. The quantitative estimate of drug-likeness (QED) is 0.842. The Balaban J connectivity index is 2.27. The normalized spacial score (nSPS) is 12.6. The third-order valence-corrected chi connectivity index (χ3v) is 4.26. The molecule has 1 unspecified atom stereocenters. The molecule has 0 fully saturated rings. The minimum atomic E-state index is 0.466. The van der Waals surface area contributed by atoms with Crippen molar-refractivity contribution in [2.45, 2.75) is 26.3 Å². The summed E-state index contributed by atoms with van der Waals surface area (Å²) in [6, 6.07) is 11.6. The van der Waals surface area contributed by atoms with Crippen LogP contribution in [0.1, 0.15) is 30.5 Å². The molecule has 0 amide bonds. The van der Waals surface area contributed by atoms with Crippen LogP contribution in [-0.4, -0.2) is 7.05 Å². The second kappa shape index (κ2) is 5.48. The lowest BCUT2D eigenvalue weighted by Crippen LogP contribution is -2.14. The first-order valence-corrected chi connectivity index (χ1v) is 6.96. The fourth-order valence-electron chi connectivity index (χ4n) is 2.14. The smallest absolute Gasteiger partial charge is 0.0371 e. The largest absolute Gasteiger partial charge is 0.313 e. The zero-order valence-electron chi connectivity index (χ0n) is 10.7. The molecule has 2 heteroatoms. The summed E-state index contributed by atoms with van der Waals surface area (Å²) in [5.74, 6) is 0. The minimum absolute atomic E-state index is 0.466. The fourth-order valence-corrected chi connectivity index (χ4v) is 3.08. The predicted molar refractivity (Wildman–Crippen MR) is 76.6 cm³/mol. The van der Waals surface area contributed by atoms with Gasteiger partial charge in [0, 0.05) is 10.9 Å². The number of benzene rings is 1. The van der Waals surface area contributed by atoms with E-state index in [0.717, 1.165) is 6.42 Å². The van der Waals surface area contributed by atoms with Crippen molar-refractivity contribution in [3.8, 4) is 10.4 Å². The highest BCUT2D eigenvalue weighted by molar-refractivity contribution is 7.13. The van der Waals surface area contributed by atoms with Crippen molar-refractivity contribution in [2.75, 3.05) is 7.05 Å². The van der Waals surface area contributed by atoms with E-state index in [2.05, 4.69) is 54.9 Å². The fraction of sp³-hybridized carbons (Fsp3) is 0.333. The van der Waals surface area contributed by atoms with Gasteiger partial charge in [0.25, 0.3) is 0 Å². The van der Waals surface area contributed by atoms with Crippen LogP contribution in [-0.2, 0) is 0 Å². The van der Waals surface area contributed by atoms with Gasteiger partial charge in [-0.2, -0.15) is 0 Å². The average Bonchev–Trinajstić information content (AvgIpc) is 2.78. The van der Waals surface area contributed by atoms with Crippen LogP contribution >= 0.6 is 11.3 Å². The molecule has 1 aromatic carbocycles. The predicted octanol–water partition coefficient (Wildman–Crippen LogP) is 4.39. The van der Waals surface area contributed by atoms with Crippen molar-refractivity contribution < 1.29 is 0 Å². The van der Waals surface area contributed by atoms with E-state index in [1.165, 1.54) is 21.6 Å². The highest BCUT2D eigenvalue weighted by Gasteiger charge is 2.07. The number of thiophene rings is 1. The van der Waals surface area contributed by atoms with E-state index < -0.39 is 0 Å². The van der Waals surface area contributed by atoms with E-state index in [1.54, 1.807) is 0 Å². The molecule has 0 aliphatic carbocycles. The molecule has 2 rings (SSSR count). The lowest BCUT2D eigenvalue weighted by molar-refractivity contribution is 0.577. The summed E-state index contributed by atoms with van der Waals surface area (Å²) < 4.78 is 0. The monoisotopic (exact) mass is 245 g/mol. The van der Waals surface area contributed by atoms with Crippen LogP contribution < -0.4 is 5.32 Å². The third kappa shape index (κ3) is 2.59. The minimum Gasteiger partial charge on any atom is -0.313 e. The Morgan fingerprint density at radius 3 is 2.35 bits per heavy atom. The molecule has 1 N–H and O–H groups in total. The van der Waals surface area contributed by atoms with Crippen LogP contribution in [0, 0.1) is 6.92 Å². The molecule has 2 aromatic rings. The summed E-state index contributed by atoms with van der Waals surface area (Å²) in [7, 11) is 2.02. The SMILES string of the molecule is CCC(NC)c1ccc(-c2sccc2C)cc1. The first-order valence-electron chi connectivity index (χ1n) is 6.08. The standard InChI is InChI=1S/C15H19NS/c1-4-14(16-3)12-5-7-13(8-6-12)15-11(2)9-10-17-15/h5-10,14,16H,4H2,1-3H3. The Hall–Kier alpha value is -1.12. The maximum Gasteiger partial charge on any atom is 0.0371 e. The van der Waals surface area contributed by atoms with Gasteiger partial charge < -0.3 is 5.32 Å². The molecule has 90 valence electrons. The number of hydrogen-bond donors (Lipinski definition) is 1. The second-order valence-electron chi connectivity index (χ2n) is 4.30. The van der Waals surface area contributed by atoms with E-state index in [-0.39, 0.29) is 0 Å². The molecule has 17 heavy (non-hydrogen) atoms. The molecule has 0 aliphatic heterocycles. The third-order valence-electron chi connectivity index (χ3n) is 3.19. The van der Waals surface area contributed by atoms with E-state index in [1.807, 2.05) is 18.4 Å². The summed E-state index contributed by atoms with van der Waals surface area (Å²) in [5, 5.41) is 5.49. The first-order chi connectivity index (χ1) is 8.26. The maximum absolute atomic E-state index is 3.34. The van der Waals surface area contributed by atoms with Gasteiger partial charge in [-0.3, -0.25) is 0 Å². The highest BCUT2D eigenvalue weighted by Crippen LogP contribution is 2.30. The molecule has 0 spiro atoms. The van der Waals surface area contributed by atoms with Crippen LogP contribution in [0.2, 0.25) is 0 Å². The van der Waals surface area contributed by atoms with E-state index >= 15 is 0 Å². The van der Waals surface area contributed by atoms with Gasteiger partial charge in [-0.05, 0) is 48.5 Å². The molecule has 1 aromatic heterocycles. The summed E-state index contributed by atoms with van der Waals surface area (Å²) in [4.78, 5) is 1.38. The zero-order chi connectivity index (χ0) is 12.3. The summed E-state index contributed by atoms with van der Waals surface area (Å²) >= 11 is 1.81. The highest BCUT2D eigenvalue weighted by atomic mass is 32.1. The molecule has 0 saturated carbocycles. The second-order valence-corrected chi connectivity index (χ2v) is 5.22. The van der Waals surface area contributed by atoms with E-state index in [4.69, 9.17) is 0 Å². The zero-order valence-corrected chi connectivity index (χ0v) is 11.5. The van der Waals surface area contributed by atoms with Crippen molar-refractivity contribution >= 4 is 11.3 Å². The van der Waals surface area contributed by atoms with Gasteiger partial charge in [-0.25, -0.2) is 0 Å². The van der Waals surface area contributed by atoms with Crippen molar-refractivity contribution in [1.29, 1.82) is 0 Å². The van der Waals surface area contributed by atoms with Gasteiger partial charge in [0.2, 0.25) is 0 Å². The van der Waals surface area contributed by atoms with Gasteiger partial charge in [-0.1, -0.05) is 31.2 Å². The Kier molecular flexibility index (Phi) is 3.97. The Labute approximate surface area is 108 Å². The molecular weight excluding hydrogens is 226 g/mol. The van der Waals surface area contributed by atoms with Crippen molar-refractivity contribution in [2.24, 2.45) is 0 Å². The topological polar surface area (TPSA) is 12.0 Å². The summed E-state index contributed by atoms with van der Waals surface area (Å²) in [6.07, 6.45) is 1.12. The van der Waals surface area contributed by atoms with Gasteiger partial charge in [0.15, 0.2) is 0 Å². The molecule has 1 nitrogen and oxygen atoms in total. The number of aryl methyl sites for hydroxylation is 1. The molecule has 0 aliphatic rings. The van der Waals surface area contributed by atoms with Gasteiger partial charge >= 0.3 is 0 Å². The first kappa shape index (κ1) is 12.3. The Morgan fingerprint density at radius 2 is 1.88 bits per heavy atom. The number of hydrogen-bond acceptors (Lipinski definition) is 2. The van der Waals surface area contributed by atoms with Crippen LogP contribution in [0.5, 0.6) is 0 Å². The maximum atomic E-state index is 3.34. The number of rotatable bonds is 4. The molecule has 1 atom stereocenters. The van der Waals surface area contributed by atoms with Crippen LogP contribution in [0.3, 0.4) is 0 Å². The van der Waals surface area contributed by atoms with Crippen molar-refractivity contribution in [3.63, 3.8) is 0 Å². The molecule has 1 heterocycles. The van der Waals surface area contributed by atoms with Crippen LogP contribution in [0.15, 0.2) is 35.7 Å². The summed E-state index contributed by atoms with van der Waals surface area (Å²) in [6.45, 7) is 4.38. The summed E-state index contributed by atoms with van der Waals surface area (Å²) in [5.41, 5.74) is 4.06. The molecule has 0 saturated heterocycles. The van der Waals surface area contributed by atoms with Crippen molar-refractivity contribution in [3.05, 3.63) is 46.8 Å².